The molecule has 0 amide bonds. The third-order valence-corrected chi connectivity index (χ3v) is 5.41. The van der Waals surface area contributed by atoms with Gasteiger partial charge in [0, 0.05) is 18.8 Å². The summed E-state index contributed by atoms with van der Waals surface area (Å²) in [7, 11) is 0. The average molecular weight is 443 g/mol. The van der Waals surface area contributed by atoms with E-state index in [1.54, 1.807) is 0 Å². The number of halogens is 3. The zero-order valence-electron chi connectivity index (χ0n) is 16.4. The highest BCUT2D eigenvalue weighted by atomic mass is 32.1. The van der Waals surface area contributed by atoms with Crippen LogP contribution < -0.4 is 11.3 Å². The van der Waals surface area contributed by atoms with Gasteiger partial charge in [-0.05, 0) is 43.2 Å². The lowest BCUT2D eigenvalue weighted by Crippen LogP contribution is -2.34. The SMILES string of the molecule is NCC(COC1CCC(c2ccccc2)CC1)n1ccc(C(F)(F)F)cc1=O.O=S. The molecule has 1 saturated carbocycles. The summed E-state index contributed by atoms with van der Waals surface area (Å²) in [6, 6.07) is 11.4. The van der Waals surface area contributed by atoms with E-state index in [0.29, 0.717) is 12.0 Å². The molecule has 2 aromatic rings. The second-order valence-corrected chi connectivity index (χ2v) is 7.27. The highest BCUT2D eigenvalue weighted by Gasteiger charge is 2.31. The van der Waals surface area contributed by atoms with Gasteiger partial charge in [0.2, 0.25) is 0 Å². The predicted octanol–water partition coefficient (Wildman–Crippen LogP) is 3.77. The van der Waals surface area contributed by atoms with Gasteiger partial charge in [0.25, 0.3) is 5.56 Å². The van der Waals surface area contributed by atoms with E-state index in [1.807, 2.05) is 18.2 Å². The topological polar surface area (TPSA) is 74.3 Å². The van der Waals surface area contributed by atoms with E-state index < -0.39 is 23.3 Å². The molecule has 0 saturated heterocycles. The third-order valence-electron chi connectivity index (χ3n) is 5.41. The molecule has 0 aliphatic heterocycles. The summed E-state index contributed by atoms with van der Waals surface area (Å²) in [4.78, 5) is 12.1. The number of nitrogens with zero attached hydrogens (tertiary/aromatic N) is 1. The summed E-state index contributed by atoms with van der Waals surface area (Å²) in [5.74, 6) is 0.531. The van der Waals surface area contributed by atoms with Gasteiger partial charge in [-0.1, -0.05) is 30.3 Å². The molecule has 30 heavy (non-hydrogen) atoms. The molecule has 3 rings (SSSR count). The number of ether oxygens (including phenoxy) is 1. The molecule has 1 atom stereocenters. The van der Waals surface area contributed by atoms with Crippen molar-refractivity contribution in [1.82, 2.24) is 4.57 Å². The van der Waals surface area contributed by atoms with Gasteiger partial charge in [-0.2, -0.15) is 17.4 Å². The number of rotatable bonds is 6. The van der Waals surface area contributed by atoms with Gasteiger partial charge in [0.05, 0.1) is 24.3 Å². The zero-order valence-corrected chi connectivity index (χ0v) is 17.2. The molecule has 5 nitrogen and oxygen atoms in total. The molecule has 1 unspecified atom stereocenters. The van der Waals surface area contributed by atoms with E-state index in [9.17, 15) is 18.0 Å². The fourth-order valence-corrected chi connectivity index (χ4v) is 3.76. The standard InChI is InChI=1S/C21H25F3N2O2.OS/c22-21(23,24)17-10-11-26(20(27)12-17)18(13-25)14-28-19-8-6-16(7-9-19)15-4-2-1-3-5-15;1-2/h1-5,10-12,16,18-19H,6-9,13-14,25H2;. The Morgan fingerprint density at radius 1 is 1.10 bits per heavy atom. The summed E-state index contributed by atoms with van der Waals surface area (Å²) in [5.41, 5.74) is 5.42. The number of aromatic nitrogens is 1. The lowest BCUT2D eigenvalue weighted by molar-refractivity contribution is -0.137. The maximum absolute atomic E-state index is 12.7. The van der Waals surface area contributed by atoms with Gasteiger partial charge in [-0.25, -0.2) is 0 Å². The summed E-state index contributed by atoms with van der Waals surface area (Å²) in [6.07, 6.45) is 0.587. The van der Waals surface area contributed by atoms with Crippen molar-refractivity contribution in [3.8, 4) is 0 Å². The van der Waals surface area contributed by atoms with Crippen LogP contribution in [0.15, 0.2) is 53.5 Å². The first-order valence-electron chi connectivity index (χ1n) is 9.71. The quantitative estimate of drug-likeness (QED) is 0.737. The molecule has 9 heteroatoms. The van der Waals surface area contributed by atoms with Gasteiger partial charge in [-0.3, -0.25) is 4.79 Å². The Balaban J connectivity index is 0.00000155. The van der Waals surface area contributed by atoms with Crippen LogP contribution in [-0.2, 0) is 23.4 Å². The molecule has 1 aliphatic rings. The van der Waals surface area contributed by atoms with Gasteiger partial charge in [0.15, 0.2) is 12.5 Å². The van der Waals surface area contributed by atoms with Gasteiger partial charge >= 0.3 is 6.18 Å². The maximum Gasteiger partial charge on any atom is 0.416 e. The molecule has 1 aromatic carbocycles. The number of hydrogen-bond donors (Lipinski definition) is 1. The van der Waals surface area contributed by atoms with Crippen LogP contribution in [0.4, 0.5) is 13.2 Å². The Hall–Kier alpha value is -2.10. The summed E-state index contributed by atoms with van der Waals surface area (Å²) >= 11 is 2.83. The Bertz CT molecular complexity index is 837. The first-order valence-corrected chi connectivity index (χ1v) is 10.0. The first-order chi connectivity index (χ1) is 14.4. The number of hydrogen-bond acceptors (Lipinski definition) is 5. The Labute approximate surface area is 178 Å². The second kappa shape index (κ2) is 11.3. The predicted molar refractivity (Wildman–Crippen MR) is 109 cm³/mol. The van der Waals surface area contributed by atoms with Crippen molar-refractivity contribution in [2.75, 3.05) is 13.2 Å². The van der Waals surface area contributed by atoms with Gasteiger partial charge in [-0.15, -0.1) is 0 Å². The lowest BCUT2D eigenvalue weighted by Gasteiger charge is -2.30. The van der Waals surface area contributed by atoms with Crippen molar-refractivity contribution in [3.63, 3.8) is 0 Å². The number of pyridine rings is 1. The number of alkyl halides is 3. The smallest absolute Gasteiger partial charge is 0.376 e. The second-order valence-electron chi connectivity index (χ2n) is 7.27. The maximum atomic E-state index is 12.7. The van der Waals surface area contributed by atoms with Crippen molar-refractivity contribution >= 4 is 12.5 Å². The van der Waals surface area contributed by atoms with Crippen LogP contribution in [0.2, 0.25) is 0 Å². The van der Waals surface area contributed by atoms with Crippen molar-refractivity contribution in [3.05, 3.63) is 70.1 Å². The molecule has 164 valence electrons. The van der Waals surface area contributed by atoms with Crippen molar-refractivity contribution in [1.29, 1.82) is 0 Å². The van der Waals surface area contributed by atoms with Crippen molar-refractivity contribution < 1.29 is 22.1 Å². The molecule has 1 fully saturated rings. The fourth-order valence-electron chi connectivity index (χ4n) is 3.76. The molecule has 1 aromatic heterocycles. The Morgan fingerprint density at radius 3 is 2.27 bits per heavy atom. The van der Waals surface area contributed by atoms with E-state index in [2.05, 4.69) is 24.7 Å². The average Bonchev–Trinajstić information content (AvgIpc) is 2.77. The van der Waals surface area contributed by atoms with Crippen LogP contribution in [0.3, 0.4) is 0 Å². The fraction of sp³-hybridized carbons (Fsp3) is 0.476. The molecule has 1 heterocycles. The van der Waals surface area contributed by atoms with Crippen LogP contribution in [0.25, 0.3) is 0 Å². The zero-order chi connectivity index (χ0) is 22.1. The van der Waals surface area contributed by atoms with E-state index >= 15 is 0 Å². The molecular formula is C21H25F3N2O3S. The molecule has 1 aliphatic carbocycles. The number of benzene rings is 1. The minimum atomic E-state index is -4.54. The summed E-state index contributed by atoms with van der Waals surface area (Å²) < 4.78 is 53.2. The van der Waals surface area contributed by atoms with Crippen LogP contribution in [0, 0.1) is 0 Å². The van der Waals surface area contributed by atoms with Crippen LogP contribution in [0.1, 0.15) is 48.8 Å². The van der Waals surface area contributed by atoms with Crippen LogP contribution in [0.5, 0.6) is 0 Å². The van der Waals surface area contributed by atoms with E-state index in [1.165, 1.54) is 10.1 Å². The minimum Gasteiger partial charge on any atom is -0.376 e. The van der Waals surface area contributed by atoms with Gasteiger partial charge in [0.1, 0.15) is 0 Å². The lowest BCUT2D eigenvalue weighted by atomic mass is 9.83. The van der Waals surface area contributed by atoms with Crippen LogP contribution in [-0.4, -0.2) is 28.0 Å². The van der Waals surface area contributed by atoms with Crippen molar-refractivity contribution in [2.45, 2.75) is 49.9 Å². The third kappa shape index (κ3) is 6.45. The minimum absolute atomic E-state index is 0.0826. The highest BCUT2D eigenvalue weighted by molar-refractivity contribution is 7.44. The van der Waals surface area contributed by atoms with Crippen molar-refractivity contribution in [2.24, 2.45) is 5.73 Å². The van der Waals surface area contributed by atoms with Crippen LogP contribution >= 0.6 is 0 Å². The normalized spacial score (nSPS) is 20.1. The number of nitrogens with two attached hydrogens (primary N) is 1. The largest absolute Gasteiger partial charge is 0.416 e. The van der Waals surface area contributed by atoms with E-state index in [-0.39, 0.29) is 19.3 Å². The van der Waals surface area contributed by atoms with E-state index in [4.69, 9.17) is 14.7 Å². The summed E-state index contributed by atoms with van der Waals surface area (Å²) in [5, 5.41) is 0. The molecule has 0 bridgehead atoms. The molecule has 0 radical (unpaired) electrons. The molecular weight excluding hydrogens is 417 g/mol. The summed E-state index contributed by atoms with van der Waals surface area (Å²) in [6.45, 7) is 0.326. The Kier molecular flexibility index (Phi) is 9.13. The molecule has 0 spiro atoms. The highest BCUT2D eigenvalue weighted by Crippen LogP contribution is 2.34. The Morgan fingerprint density at radius 2 is 1.73 bits per heavy atom. The van der Waals surface area contributed by atoms with Gasteiger partial charge < -0.3 is 15.0 Å². The van der Waals surface area contributed by atoms with E-state index in [0.717, 1.165) is 37.9 Å². The molecule has 2 N–H and O–H groups in total. The monoisotopic (exact) mass is 442 g/mol. The first kappa shape index (κ1) is 24.2.